The van der Waals surface area contributed by atoms with Crippen molar-refractivity contribution in [2.75, 3.05) is 13.2 Å². The van der Waals surface area contributed by atoms with Crippen LogP contribution in [0.25, 0.3) is 5.57 Å². The van der Waals surface area contributed by atoms with E-state index in [1.54, 1.807) is 12.1 Å². The van der Waals surface area contributed by atoms with Gasteiger partial charge in [-0.3, -0.25) is 14.5 Å². The van der Waals surface area contributed by atoms with Gasteiger partial charge in [-0.05, 0) is 49.2 Å². The Hall–Kier alpha value is -2.01. The van der Waals surface area contributed by atoms with Crippen LogP contribution >= 0.6 is 34.8 Å². The Balaban J connectivity index is 1.73. The molecule has 0 aliphatic carbocycles. The maximum Gasteiger partial charge on any atom is 0.273 e. The van der Waals surface area contributed by atoms with Crippen molar-refractivity contribution in [3.8, 4) is 5.75 Å². The van der Waals surface area contributed by atoms with Crippen molar-refractivity contribution in [2.24, 2.45) is 0 Å². The zero-order chi connectivity index (χ0) is 19.7. The summed E-state index contributed by atoms with van der Waals surface area (Å²) in [5, 5.41) is 0.525. The van der Waals surface area contributed by atoms with Gasteiger partial charge in [0.15, 0.2) is 0 Å². The van der Waals surface area contributed by atoms with Gasteiger partial charge >= 0.3 is 0 Å². The molecule has 2 amide bonds. The molecule has 0 saturated heterocycles. The quantitative estimate of drug-likeness (QED) is 0.634. The fraction of sp³-hybridized carbons (Fsp3) is 0.200. The van der Waals surface area contributed by atoms with Gasteiger partial charge in [-0.1, -0.05) is 46.9 Å². The third kappa shape index (κ3) is 4.13. The molecular formula is C20H16Cl3NO3. The average Bonchev–Trinajstić information content (AvgIpc) is 2.78. The lowest BCUT2D eigenvalue weighted by Gasteiger charge is -2.16. The molecule has 0 aromatic heterocycles. The van der Waals surface area contributed by atoms with E-state index in [4.69, 9.17) is 39.5 Å². The normalized spacial score (nSPS) is 14.3. The molecule has 1 heterocycles. The highest BCUT2D eigenvalue weighted by Crippen LogP contribution is 2.36. The number of amides is 2. The number of benzene rings is 2. The first-order valence-corrected chi connectivity index (χ1v) is 9.34. The second kappa shape index (κ2) is 7.93. The average molecular weight is 425 g/mol. The summed E-state index contributed by atoms with van der Waals surface area (Å²) in [4.78, 5) is 26.2. The van der Waals surface area contributed by atoms with E-state index in [1.165, 1.54) is 6.07 Å². The second-order valence-corrected chi connectivity index (χ2v) is 7.47. The summed E-state index contributed by atoms with van der Waals surface area (Å²) in [6, 6.07) is 10.5. The molecule has 0 spiro atoms. The predicted octanol–water partition coefficient (Wildman–Crippen LogP) is 5.01. The van der Waals surface area contributed by atoms with E-state index in [9.17, 15) is 9.59 Å². The number of halogens is 3. The summed E-state index contributed by atoms with van der Waals surface area (Å²) >= 11 is 18.2. The monoisotopic (exact) mass is 423 g/mol. The summed E-state index contributed by atoms with van der Waals surface area (Å²) in [6.07, 6.45) is 0. The first-order valence-electron chi connectivity index (χ1n) is 8.20. The molecule has 2 aromatic carbocycles. The topological polar surface area (TPSA) is 46.6 Å². The van der Waals surface area contributed by atoms with Crippen molar-refractivity contribution < 1.29 is 14.3 Å². The summed E-state index contributed by atoms with van der Waals surface area (Å²) in [5.41, 5.74) is 2.60. The summed E-state index contributed by atoms with van der Waals surface area (Å²) in [7, 11) is 0. The van der Waals surface area contributed by atoms with Gasteiger partial charge in [0, 0.05) is 10.6 Å². The van der Waals surface area contributed by atoms with Gasteiger partial charge in [0.2, 0.25) is 0 Å². The molecular weight excluding hydrogens is 409 g/mol. The first kappa shape index (κ1) is 19.7. The van der Waals surface area contributed by atoms with E-state index >= 15 is 0 Å². The zero-order valence-electron chi connectivity index (χ0n) is 14.7. The maximum atomic E-state index is 12.7. The largest absolute Gasteiger partial charge is 0.492 e. The van der Waals surface area contributed by atoms with Gasteiger partial charge in [0.1, 0.15) is 17.4 Å². The molecule has 0 bridgehead atoms. The molecule has 3 rings (SSSR count). The van der Waals surface area contributed by atoms with Crippen LogP contribution in [0.4, 0.5) is 0 Å². The highest BCUT2D eigenvalue weighted by molar-refractivity contribution is 6.55. The molecule has 140 valence electrons. The van der Waals surface area contributed by atoms with Crippen LogP contribution in [-0.4, -0.2) is 29.9 Å². The molecule has 1 aliphatic rings. The Bertz CT molecular complexity index is 949. The van der Waals surface area contributed by atoms with Crippen LogP contribution in [0.1, 0.15) is 16.7 Å². The number of ether oxygens (including phenoxy) is 1. The first-order chi connectivity index (χ1) is 12.8. The van der Waals surface area contributed by atoms with Crippen LogP contribution in [0.5, 0.6) is 5.75 Å². The third-order valence-electron chi connectivity index (χ3n) is 4.09. The molecule has 4 nitrogen and oxygen atoms in total. The molecule has 0 N–H and O–H groups in total. The number of hydrogen-bond acceptors (Lipinski definition) is 3. The minimum absolute atomic E-state index is 0.0785. The van der Waals surface area contributed by atoms with Gasteiger partial charge in [-0.15, -0.1) is 0 Å². The number of imide groups is 1. The minimum Gasteiger partial charge on any atom is -0.492 e. The highest BCUT2D eigenvalue weighted by Gasteiger charge is 2.38. The van der Waals surface area contributed by atoms with Gasteiger partial charge in [0.05, 0.1) is 17.1 Å². The molecule has 0 radical (unpaired) electrons. The number of hydrogen-bond donors (Lipinski definition) is 0. The standard InChI is InChI=1S/C20H16Cl3NO3/c1-11-7-12(2)9-14(8-11)27-6-5-24-19(25)17(18(23)20(24)26)15-4-3-13(21)10-16(15)22/h3-4,7-10H,5-6H2,1-2H3. The van der Waals surface area contributed by atoms with Gasteiger partial charge < -0.3 is 4.74 Å². The molecule has 2 aromatic rings. The third-order valence-corrected chi connectivity index (χ3v) is 4.99. The van der Waals surface area contributed by atoms with Crippen LogP contribution in [0, 0.1) is 13.8 Å². The Morgan fingerprint density at radius 3 is 2.22 bits per heavy atom. The maximum absolute atomic E-state index is 12.7. The van der Waals surface area contributed by atoms with Crippen molar-refractivity contribution in [1.82, 2.24) is 4.90 Å². The number of carbonyl (C=O) groups is 2. The van der Waals surface area contributed by atoms with Gasteiger partial charge in [-0.2, -0.15) is 0 Å². The van der Waals surface area contributed by atoms with E-state index in [2.05, 4.69) is 0 Å². The fourth-order valence-corrected chi connectivity index (χ4v) is 3.73. The highest BCUT2D eigenvalue weighted by atomic mass is 35.5. The number of carbonyl (C=O) groups excluding carboxylic acids is 2. The van der Waals surface area contributed by atoms with Crippen molar-refractivity contribution in [3.63, 3.8) is 0 Å². The molecule has 0 saturated carbocycles. The summed E-state index contributed by atoms with van der Waals surface area (Å²) in [6.45, 7) is 4.18. The van der Waals surface area contributed by atoms with Crippen LogP contribution in [-0.2, 0) is 9.59 Å². The summed E-state index contributed by atoms with van der Waals surface area (Å²) in [5.74, 6) is -0.378. The summed E-state index contributed by atoms with van der Waals surface area (Å²) < 4.78 is 5.69. The molecule has 27 heavy (non-hydrogen) atoms. The van der Waals surface area contributed by atoms with E-state index in [0.717, 1.165) is 16.0 Å². The molecule has 0 atom stereocenters. The Morgan fingerprint density at radius 1 is 0.926 bits per heavy atom. The lowest BCUT2D eigenvalue weighted by atomic mass is 10.1. The van der Waals surface area contributed by atoms with E-state index < -0.39 is 11.8 Å². The van der Waals surface area contributed by atoms with E-state index in [0.29, 0.717) is 16.3 Å². The SMILES string of the molecule is Cc1cc(C)cc(OCCN2C(=O)C(Cl)=C(c3ccc(Cl)cc3Cl)C2=O)c1. The lowest BCUT2D eigenvalue weighted by Crippen LogP contribution is -2.35. The zero-order valence-corrected chi connectivity index (χ0v) is 17.0. The fourth-order valence-electron chi connectivity index (χ4n) is 2.95. The molecule has 0 unspecified atom stereocenters. The smallest absolute Gasteiger partial charge is 0.273 e. The number of rotatable bonds is 5. The predicted molar refractivity (Wildman–Crippen MR) is 107 cm³/mol. The number of nitrogens with zero attached hydrogens (tertiary/aromatic N) is 1. The van der Waals surface area contributed by atoms with Crippen LogP contribution in [0.3, 0.4) is 0 Å². The van der Waals surface area contributed by atoms with Crippen molar-refractivity contribution in [3.05, 3.63) is 68.2 Å². The molecule has 0 fully saturated rings. The number of aryl methyl sites for hydroxylation is 2. The van der Waals surface area contributed by atoms with Crippen LogP contribution in [0.2, 0.25) is 10.0 Å². The molecule has 1 aliphatic heterocycles. The Kier molecular flexibility index (Phi) is 5.80. The van der Waals surface area contributed by atoms with Crippen molar-refractivity contribution in [1.29, 1.82) is 0 Å². The van der Waals surface area contributed by atoms with Crippen molar-refractivity contribution in [2.45, 2.75) is 13.8 Å². The van der Waals surface area contributed by atoms with Crippen LogP contribution in [0.15, 0.2) is 41.4 Å². The van der Waals surface area contributed by atoms with E-state index in [1.807, 2.05) is 32.0 Å². The van der Waals surface area contributed by atoms with Gasteiger partial charge in [0.25, 0.3) is 11.8 Å². The Morgan fingerprint density at radius 2 is 1.59 bits per heavy atom. The van der Waals surface area contributed by atoms with Gasteiger partial charge in [-0.25, -0.2) is 0 Å². The minimum atomic E-state index is -0.563. The van der Waals surface area contributed by atoms with Crippen molar-refractivity contribution >= 4 is 52.2 Å². The van der Waals surface area contributed by atoms with E-state index in [-0.39, 0.29) is 28.8 Å². The lowest BCUT2D eigenvalue weighted by molar-refractivity contribution is -0.137. The van der Waals surface area contributed by atoms with Crippen LogP contribution < -0.4 is 4.74 Å². The molecule has 7 heteroatoms. The Labute approximate surface area is 172 Å². The second-order valence-electron chi connectivity index (χ2n) is 6.25.